The molecule has 1 aromatic carbocycles. The molecule has 0 radical (unpaired) electrons. The van der Waals surface area contributed by atoms with Gasteiger partial charge in [-0.1, -0.05) is 45.9 Å². The molecule has 1 aliphatic rings. The Morgan fingerprint density at radius 2 is 1.91 bits per heavy atom. The molecule has 2 unspecified atom stereocenters. The van der Waals surface area contributed by atoms with Gasteiger partial charge in [-0.05, 0) is 6.07 Å². The lowest BCUT2D eigenvalue weighted by molar-refractivity contribution is -0.195. The molecule has 3 atom stereocenters. The number of ether oxygens (including phenoxy) is 4. The number of aliphatic carboxylic acids is 1. The summed E-state index contributed by atoms with van der Waals surface area (Å²) in [6.07, 6.45) is 1.41. The number of carboxylic acids is 1. The maximum Gasteiger partial charge on any atom is 0.333 e. The Morgan fingerprint density at radius 1 is 1.21 bits per heavy atom. The lowest BCUT2D eigenvalue weighted by atomic mass is 9.81. The third-order valence-electron chi connectivity index (χ3n) is 5.40. The maximum atomic E-state index is 11.4. The van der Waals surface area contributed by atoms with Crippen molar-refractivity contribution in [3.8, 4) is 11.5 Å². The van der Waals surface area contributed by atoms with Crippen molar-refractivity contribution in [2.75, 3.05) is 20.3 Å². The van der Waals surface area contributed by atoms with Gasteiger partial charge in [0, 0.05) is 35.3 Å². The van der Waals surface area contributed by atoms with Crippen LogP contribution in [0.5, 0.6) is 11.5 Å². The first kappa shape index (κ1) is 26.6. The number of rotatable bonds is 10. The van der Waals surface area contributed by atoms with Crippen LogP contribution in [0, 0.1) is 5.41 Å². The second-order valence-corrected chi connectivity index (χ2v) is 9.41. The molecule has 4 N–H and O–H groups in total. The third kappa shape index (κ3) is 7.73. The predicted octanol–water partition coefficient (Wildman–Crippen LogP) is 2.39. The Balaban J connectivity index is 2.15. The minimum absolute atomic E-state index is 0.0275. The molecule has 33 heavy (non-hydrogen) atoms. The highest BCUT2D eigenvalue weighted by molar-refractivity contribution is 5.72. The molecule has 1 heterocycles. The Hall–Kier alpha value is -2.62. The van der Waals surface area contributed by atoms with E-state index >= 15 is 0 Å². The number of carbonyl (C=O) groups excluding carboxylic acids is 1. The summed E-state index contributed by atoms with van der Waals surface area (Å²) in [6, 6.07) is 5.33. The Kier molecular flexibility index (Phi) is 8.88. The molecular weight excluding hydrogens is 430 g/mol. The van der Waals surface area contributed by atoms with E-state index in [9.17, 15) is 19.8 Å². The first-order chi connectivity index (χ1) is 15.4. The summed E-state index contributed by atoms with van der Waals surface area (Å²) in [6.45, 7) is 8.04. The molecule has 0 aromatic heterocycles. The van der Waals surface area contributed by atoms with Gasteiger partial charge in [-0.2, -0.15) is 0 Å². The van der Waals surface area contributed by atoms with E-state index in [2.05, 4.69) is 0 Å². The number of benzene rings is 1. The van der Waals surface area contributed by atoms with Gasteiger partial charge in [0.05, 0.1) is 26.4 Å². The van der Waals surface area contributed by atoms with Crippen molar-refractivity contribution in [1.82, 2.24) is 0 Å². The van der Waals surface area contributed by atoms with Crippen LogP contribution in [0.4, 0.5) is 0 Å². The van der Waals surface area contributed by atoms with E-state index in [1.54, 1.807) is 19.2 Å². The van der Waals surface area contributed by atoms with E-state index in [4.69, 9.17) is 24.7 Å². The van der Waals surface area contributed by atoms with Crippen molar-refractivity contribution >= 4 is 11.9 Å². The fourth-order valence-corrected chi connectivity index (χ4v) is 3.42. The van der Waals surface area contributed by atoms with Crippen molar-refractivity contribution in [3.05, 3.63) is 35.9 Å². The van der Waals surface area contributed by atoms with E-state index in [0.29, 0.717) is 11.5 Å². The number of hydrogen-bond acceptors (Lipinski definition) is 8. The Morgan fingerprint density at radius 3 is 2.52 bits per heavy atom. The Labute approximate surface area is 194 Å². The van der Waals surface area contributed by atoms with Gasteiger partial charge in [0.15, 0.2) is 6.10 Å². The molecule has 0 bridgehead atoms. The number of hydrogen-bond donors (Lipinski definition) is 3. The molecule has 1 aliphatic heterocycles. The quantitative estimate of drug-likeness (QED) is 0.351. The van der Waals surface area contributed by atoms with Crippen LogP contribution in [0.3, 0.4) is 0 Å². The molecular formula is C24H35NO8. The second-order valence-electron chi connectivity index (χ2n) is 9.41. The molecule has 0 saturated carbocycles. The summed E-state index contributed by atoms with van der Waals surface area (Å²) in [5.41, 5.74) is 5.37. The average molecular weight is 466 g/mol. The van der Waals surface area contributed by atoms with E-state index in [-0.39, 0.29) is 26.0 Å². The number of aliphatic hydroxyl groups is 1. The molecule has 0 amide bonds. The average Bonchev–Trinajstić information content (AvgIpc) is 2.75. The van der Waals surface area contributed by atoms with Crippen LogP contribution in [-0.4, -0.2) is 60.9 Å². The van der Waals surface area contributed by atoms with Crippen LogP contribution >= 0.6 is 0 Å². The monoisotopic (exact) mass is 465 g/mol. The van der Waals surface area contributed by atoms with Crippen LogP contribution in [0.25, 0.3) is 0 Å². The molecule has 184 valence electrons. The number of carbonyl (C=O) groups is 2. The zero-order valence-electron chi connectivity index (χ0n) is 19.9. The summed E-state index contributed by atoms with van der Waals surface area (Å²) >= 11 is 0. The Bertz CT molecular complexity index is 864. The van der Waals surface area contributed by atoms with Gasteiger partial charge >= 0.3 is 11.9 Å². The van der Waals surface area contributed by atoms with Crippen LogP contribution in [0.2, 0.25) is 0 Å². The van der Waals surface area contributed by atoms with Crippen molar-refractivity contribution in [2.45, 2.75) is 64.4 Å². The minimum Gasteiger partial charge on any atom is -0.496 e. The summed E-state index contributed by atoms with van der Waals surface area (Å²) in [5, 5.41) is 19.1. The number of aliphatic hydroxyl groups excluding tert-OH is 1. The zero-order valence-corrected chi connectivity index (χ0v) is 19.9. The number of methoxy groups -OCH3 is 1. The largest absolute Gasteiger partial charge is 0.496 e. The number of nitrogens with two attached hydrogens (primary N) is 1. The maximum absolute atomic E-state index is 11.4. The van der Waals surface area contributed by atoms with Crippen LogP contribution < -0.4 is 15.2 Å². The molecule has 1 saturated heterocycles. The number of allylic oxidation sites excluding steroid dienone is 1. The lowest BCUT2D eigenvalue weighted by Crippen LogP contribution is -2.42. The summed E-state index contributed by atoms with van der Waals surface area (Å²) in [5.74, 6) is -0.560. The number of carboxylic acid groups (broad SMARTS) is 1. The van der Waals surface area contributed by atoms with E-state index < -0.39 is 41.3 Å². The molecule has 9 heteroatoms. The fourth-order valence-electron chi connectivity index (χ4n) is 3.42. The summed E-state index contributed by atoms with van der Waals surface area (Å²) < 4.78 is 22.0. The molecule has 2 rings (SSSR count). The van der Waals surface area contributed by atoms with Gasteiger partial charge in [0.1, 0.15) is 11.5 Å². The fraction of sp³-hybridized carbons (Fsp3) is 0.583. The first-order valence-corrected chi connectivity index (χ1v) is 10.8. The summed E-state index contributed by atoms with van der Waals surface area (Å²) in [4.78, 5) is 22.6. The molecule has 0 spiro atoms. The van der Waals surface area contributed by atoms with Crippen LogP contribution in [-0.2, 0) is 24.5 Å². The SMILES string of the molecule is COc1cc(OC2CC(O)C[C@@H](C(=O)O)O2)ccc1C(C)(C)/C=C/C(C)(C)COC(=O)CN. The van der Waals surface area contributed by atoms with Gasteiger partial charge in [0.25, 0.3) is 0 Å². The van der Waals surface area contributed by atoms with Gasteiger partial charge in [-0.3, -0.25) is 4.79 Å². The van der Waals surface area contributed by atoms with Crippen molar-refractivity contribution in [1.29, 1.82) is 0 Å². The highest BCUT2D eigenvalue weighted by Crippen LogP contribution is 2.37. The number of esters is 1. The van der Waals surface area contributed by atoms with E-state index in [0.717, 1.165) is 5.56 Å². The standard InChI is InChI=1S/C24H35NO8/c1-23(2,14-31-20(27)13-25)8-9-24(3,4)17-7-6-16(12-18(17)30-5)32-21-11-15(26)10-19(33-21)22(28)29/h6-9,12,15,19,21,26H,10-11,13-14,25H2,1-5H3,(H,28,29)/b9-8+/t15?,19-,21?/m0/s1. The first-order valence-electron chi connectivity index (χ1n) is 10.8. The van der Waals surface area contributed by atoms with Gasteiger partial charge in [-0.25, -0.2) is 4.79 Å². The topological polar surface area (TPSA) is 138 Å². The van der Waals surface area contributed by atoms with Gasteiger partial charge in [0.2, 0.25) is 6.29 Å². The van der Waals surface area contributed by atoms with Crippen LogP contribution in [0.15, 0.2) is 30.4 Å². The highest BCUT2D eigenvalue weighted by atomic mass is 16.7. The van der Waals surface area contributed by atoms with Gasteiger partial charge < -0.3 is 34.9 Å². The van der Waals surface area contributed by atoms with Crippen molar-refractivity contribution in [2.24, 2.45) is 11.1 Å². The van der Waals surface area contributed by atoms with Crippen molar-refractivity contribution in [3.63, 3.8) is 0 Å². The molecule has 1 aromatic rings. The van der Waals surface area contributed by atoms with Crippen molar-refractivity contribution < 1.29 is 38.7 Å². The smallest absolute Gasteiger partial charge is 0.333 e. The lowest BCUT2D eigenvalue weighted by Gasteiger charge is -2.31. The third-order valence-corrected chi connectivity index (χ3v) is 5.40. The van der Waals surface area contributed by atoms with E-state index in [1.165, 1.54) is 0 Å². The predicted molar refractivity (Wildman–Crippen MR) is 121 cm³/mol. The molecule has 0 aliphatic carbocycles. The molecule has 1 fully saturated rings. The van der Waals surface area contributed by atoms with E-state index in [1.807, 2.05) is 45.9 Å². The summed E-state index contributed by atoms with van der Waals surface area (Å²) in [7, 11) is 1.56. The van der Waals surface area contributed by atoms with Gasteiger partial charge in [-0.15, -0.1) is 0 Å². The second kappa shape index (κ2) is 11.0. The minimum atomic E-state index is -1.13. The zero-order chi connectivity index (χ0) is 24.8. The van der Waals surface area contributed by atoms with Crippen LogP contribution in [0.1, 0.15) is 46.1 Å². The molecule has 9 nitrogen and oxygen atoms in total. The highest BCUT2D eigenvalue weighted by Gasteiger charge is 2.34. The normalized spacial score (nSPS) is 21.6.